The number of hydrogen-bond acceptors (Lipinski definition) is 6. The minimum atomic E-state index is -0.348. The quantitative estimate of drug-likeness (QED) is 0.710. The molecule has 6 heteroatoms. The van der Waals surface area contributed by atoms with Gasteiger partial charge in [0.25, 0.3) is 5.89 Å². The highest BCUT2D eigenvalue weighted by Crippen LogP contribution is 2.06. The Kier molecular flexibility index (Phi) is 4.51. The lowest BCUT2D eigenvalue weighted by Gasteiger charge is -2.03. The van der Waals surface area contributed by atoms with Crippen molar-refractivity contribution in [3.63, 3.8) is 0 Å². The third-order valence-electron chi connectivity index (χ3n) is 1.59. The first-order chi connectivity index (χ1) is 6.77. The summed E-state index contributed by atoms with van der Waals surface area (Å²) >= 11 is 0. The molecule has 0 radical (unpaired) electrons. The lowest BCUT2D eigenvalue weighted by atomic mass is 10.3. The molecule has 0 aliphatic carbocycles. The van der Waals surface area contributed by atoms with Gasteiger partial charge in [0, 0.05) is 13.7 Å². The highest BCUT2D eigenvalue weighted by atomic mass is 16.5. The minimum Gasteiger partial charge on any atom is -0.383 e. The van der Waals surface area contributed by atoms with E-state index in [-0.39, 0.29) is 6.04 Å². The van der Waals surface area contributed by atoms with Gasteiger partial charge < -0.3 is 19.7 Å². The first kappa shape index (κ1) is 11.1. The Labute approximate surface area is 82.4 Å². The molecule has 1 heterocycles. The fourth-order valence-electron chi connectivity index (χ4n) is 0.921. The summed E-state index contributed by atoms with van der Waals surface area (Å²) in [5, 5.41) is 3.72. The Bertz CT molecular complexity index is 264. The average Bonchev–Trinajstić information content (AvgIpc) is 2.63. The lowest BCUT2D eigenvalue weighted by Crippen LogP contribution is -2.17. The van der Waals surface area contributed by atoms with E-state index in [1.54, 1.807) is 7.11 Å². The monoisotopic (exact) mass is 201 g/mol. The number of rotatable bonds is 6. The summed E-state index contributed by atoms with van der Waals surface area (Å²) in [6.07, 6.45) is 0. The van der Waals surface area contributed by atoms with Crippen LogP contribution in [0, 0.1) is 0 Å². The fourth-order valence-corrected chi connectivity index (χ4v) is 0.921. The predicted molar refractivity (Wildman–Crippen MR) is 48.4 cm³/mol. The molecule has 0 amide bonds. The molecule has 1 unspecified atom stereocenters. The van der Waals surface area contributed by atoms with Crippen molar-refractivity contribution in [1.29, 1.82) is 0 Å². The van der Waals surface area contributed by atoms with Gasteiger partial charge in [-0.15, -0.1) is 0 Å². The normalized spacial score (nSPS) is 13.1. The summed E-state index contributed by atoms with van der Waals surface area (Å²) in [4.78, 5) is 4.06. The van der Waals surface area contributed by atoms with E-state index in [1.807, 2.05) is 6.92 Å². The van der Waals surface area contributed by atoms with Crippen LogP contribution in [0.4, 0.5) is 0 Å². The fraction of sp³-hybridized carbons (Fsp3) is 0.750. The number of ether oxygens (including phenoxy) is 2. The van der Waals surface area contributed by atoms with Crippen LogP contribution in [-0.2, 0) is 16.1 Å². The van der Waals surface area contributed by atoms with Crippen LogP contribution in [0.25, 0.3) is 0 Å². The molecule has 0 aliphatic heterocycles. The molecule has 0 saturated carbocycles. The molecule has 0 saturated heterocycles. The van der Waals surface area contributed by atoms with Crippen LogP contribution in [0.3, 0.4) is 0 Å². The Hall–Kier alpha value is -0.980. The molecule has 2 N–H and O–H groups in total. The van der Waals surface area contributed by atoms with Crippen LogP contribution >= 0.6 is 0 Å². The zero-order valence-corrected chi connectivity index (χ0v) is 8.40. The van der Waals surface area contributed by atoms with Gasteiger partial charge >= 0.3 is 0 Å². The van der Waals surface area contributed by atoms with Gasteiger partial charge in [-0.05, 0) is 6.92 Å². The zero-order valence-electron chi connectivity index (χ0n) is 8.40. The first-order valence-electron chi connectivity index (χ1n) is 4.42. The molecule has 0 fully saturated rings. The van der Waals surface area contributed by atoms with Gasteiger partial charge in [-0.25, -0.2) is 0 Å². The summed E-state index contributed by atoms with van der Waals surface area (Å²) in [7, 11) is 1.57. The van der Waals surface area contributed by atoms with Crippen molar-refractivity contribution in [2.45, 2.75) is 19.6 Å². The van der Waals surface area contributed by atoms with E-state index in [0.29, 0.717) is 31.5 Å². The van der Waals surface area contributed by atoms with Crippen molar-refractivity contribution >= 4 is 0 Å². The molecule has 80 valence electrons. The van der Waals surface area contributed by atoms with Crippen molar-refractivity contribution in [2.24, 2.45) is 5.73 Å². The van der Waals surface area contributed by atoms with Crippen molar-refractivity contribution in [2.75, 3.05) is 20.3 Å². The van der Waals surface area contributed by atoms with E-state index in [0.717, 1.165) is 0 Å². The molecule has 6 nitrogen and oxygen atoms in total. The van der Waals surface area contributed by atoms with E-state index in [4.69, 9.17) is 19.7 Å². The second-order valence-electron chi connectivity index (χ2n) is 2.75. The Balaban J connectivity index is 2.49. The predicted octanol–water partition coefficient (Wildman–Crippen LogP) is 0.252. The maximum Gasteiger partial charge on any atom is 0.252 e. The van der Waals surface area contributed by atoms with Crippen LogP contribution in [0.15, 0.2) is 4.52 Å². The second kappa shape index (κ2) is 5.69. The number of hydrogen-bond donors (Lipinski definition) is 1. The molecule has 0 bridgehead atoms. The maximum absolute atomic E-state index is 5.70. The molecular weight excluding hydrogens is 186 g/mol. The number of nitrogens with zero attached hydrogens (tertiary/aromatic N) is 2. The summed E-state index contributed by atoms with van der Waals surface area (Å²) in [6.45, 7) is 3.20. The van der Waals surface area contributed by atoms with E-state index in [2.05, 4.69) is 10.1 Å². The molecule has 1 aromatic heterocycles. The third-order valence-corrected chi connectivity index (χ3v) is 1.59. The summed E-state index contributed by atoms with van der Waals surface area (Å²) in [6, 6.07) is -0.348. The van der Waals surface area contributed by atoms with Crippen LogP contribution in [0.1, 0.15) is 24.7 Å². The first-order valence-corrected chi connectivity index (χ1v) is 4.42. The average molecular weight is 201 g/mol. The van der Waals surface area contributed by atoms with Crippen molar-refractivity contribution in [3.05, 3.63) is 11.7 Å². The van der Waals surface area contributed by atoms with Crippen LogP contribution < -0.4 is 5.73 Å². The highest BCUT2D eigenvalue weighted by Gasteiger charge is 2.13. The molecule has 14 heavy (non-hydrogen) atoms. The van der Waals surface area contributed by atoms with Crippen LogP contribution in [-0.4, -0.2) is 30.5 Å². The minimum absolute atomic E-state index is 0.323. The topological polar surface area (TPSA) is 83.4 Å². The molecule has 0 aliphatic rings. The lowest BCUT2D eigenvalue weighted by molar-refractivity contribution is 0.109. The molecule has 0 aromatic carbocycles. The summed E-state index contributed by atoms with van der Waals surface area (Å²) < 4.78 is 14.9. The molecular formula is C8H15N3O3. The molecule has 1 aromatic rings. The van der Waals surface area contributed by atoms with Crippen molar-refractivity contribution < 1.29 is 14.0 Å². The zero-order chi connectivity index (χ0) is 10.4. The van der Waals surface area contributed by atoms with E-state index in [1.165, 1.54) is 0 Å². The smallest absolute Gasteiger partial charge is 0.252 e. The van der Waals surface area contributed by atoms with E-state index < -0.39 is 0 Å². The standard InChI is InChI=1S/C8H15N3O3/c1-3-13-5-7-10-8(11-14-7)6(9)4-12-2/h6H,3-5,9H2,1-2H3. The molecule has 1 atom stereocenters. The van der Waals surface area contributed by atoms with Gasteiger partial charge in [0.2, 0.25) is 0 Å². The third kappa shape index (κ3) is 3.06. The maximum atomic E-state index is 5.70. The van der Waals surface area contributed by atoms with Gasteiger partial charge in [0.05, 0.1) is 12.6 Å². The van der Waals surface area contributed by atoms with Gasteiger partial charge in [-0.1, -0.05) is 5.16 Å². The van der Waals surface area contributed by atoms with Gasteiger partial charge in [-0.3, -0.25) is 0 Å². The van der Waals surface area contributed by atoms with Crippen LogP contribution in [0.2, 0.25) is 0 Å². The Morgan fingerprint density at radius 2 is 2.36 bits per heavy atom. The summed E-state index contributed by atoms with van der Waals surface area (Å²) in [5.41, 5.74) is 5.70. The number of methoxy groups -OCH3 is 1. The van der Waals surface area contributed by atoms with Crippen LogP contribution in [0.5, 0.6) is 0 Å². The van der Waals surface area contributed by atoms with Crippen molar-refractivity contribution in [3.8, 4) is 0 Å². The Morgan fingerprint density at radius 1 is 1.57 bits per heavy atom. The SMILES string of the molecule is CCOCc1nc(C(N)COC)no1. The van der Waals surface area contributed by atoms with Gasteiger partial charge in [0.1, 0.15) is 6.61 Å². The number of aromatic nitrogens is 2. The second-order valence-corrected chi connectivity index (χ2v) is 2.75. The largest absolute Gasteiger partial charge is 0.383 e. The summed E-state index contributed by atoms with van der Waals surface area (Å²) in [5.74, 6) is 0.884. The van der Waals surface area contributed by atoms with Gasteiger partial charge in [0.15, 0.2) is 5.82 Å². The Morgan fingerprint density at radius 3 is 3.00 bits per heavy atom. The van der Waals surface area contributed by atoms with E-state index >= 15 is 0 Å². The molecule has 1 rings (SSSR count). The number of nitrogens with two attached hydrogens (primary N) is 1. The van der Waals surface area contributed by atoms with E-state index in [9.17, 15) is 0 Å². The highest BCUT2D eigenvalue weighted by molar-refractivity contribution is 4.92. The van der Waals surface area contributed by atoms with Crippen molar-refractivity contribution in [1.82, 2.24) is 10.1 Å². The van der Waals surface area contributed by atoms with Gasteiger partial charge in [-0.2, -0.15) is 4.98 Å². The molecule has 0 spiro atoms.